The van der Waals surface area contributed by atoms with Crippen LogP contribution in [-0.4, -0.2) is 14.2 Å². The Bertz CT molecular complexity index is 25.0. The summed E-state index contributed by atoms with van der Waals surface area (Å²) in [5.41, 5.74) is 0. The van der Waals surface area contributed by atoms with Gasteiger partial charge in [-0.05, 0) is 0 Å². The Morgan fingerprint density at radius 2 is 2.25 bits per heavy atom. The Morgan fingerprint density at radius 3 is 2.25 bits per heavy atom. The van der Waals surface area contributed by atoms with Gasteiger partial charge in [0.25, 0.3) is 0 Å². The van der Waals surface area contributed by atoms with Crippen LogP contribution in [0.3, 0.4) is 0 Å². The molecule has 0 nitrogen and oxygen atoms in total. The quantitative estimate of drug-likeness (QED) is 0.364. The first-order chi connectivity index (χ1) is 1.91. The van der Waals surface area contributed by atoms with Crippen molar-refractivity contribution in [2.75, 3.05) is 0 Å². The van der Waals surface area contributed by atoms with Crippen LogP contribution in [0.2, 0.25) is 0 Å². The van der Waals surface area contributed by atoms with Crippen molar-refractivity contribution < 1.29 is 0 Å². The summed E-state index contributed by atoms with van der Waals surface area (Å²) in [6, 6.07) is 0. The summed E-state index contributed by atoms with van der Waals surface area (Å²) in [4.78, 5) is 0. The van der Waals surface area contributed by atoms with Crippen molar-refractivity contribution in [1.29, 1.82) is 0 Å². The molecule has 0 amide bonds. The van der Waals surface area contributed by atoms with Crippen LogP contribution in [0.4, 0.5) is 0 Å². The predicted molar refractivity (Wildman–Crippen MR) is 21.7 cm³/mol. The Balaban J connectivity index is 2.73. The Hall–Kier alpha value is -0.130. The van der Waals surface area contributed by atoms with E-state index in [0.717, 1.165) is 0 Å². The molecule has 1 radical (unpaired) electrons. The molecule has 0 aromatic carbocycles. The average molecular weight is 48.7 g/mol. The van der Waals surface area contributed by atoms with Crippen molar-refractivity contribution >= 4 is 14.2 Å². The first-order valence-corrected chi connectivity index (χ1v) is 1.07. The van der Waals surface area contributed by atoms with Gasteiger partial charge in [-0.2, -0.15) is 0 Å². The van der Waals surface area contributed by atoms with Gasteiger partial charge in [-0.1, -0.05) is 0 Å². The SMILES string of the molecule is [B]=BC=C. The van der Waals surface area contributed by atoms with Crippen LogP contribution in [0.25, 0.3) is 0 Å². The van der Waals surface area contributed by atoms with E-state index in [0.29, 0.717) is 0 Å². The van der Waals surface area contributed by atoms with Gasteiger partial charge in [0.1, 0.15) is 0 Å². The third-order valence-electron chi connectivity index (χ3n) is 0.136. The second kappa shape index (κ2) is 2.87. The molecule has 0 spiro atoms. The normalized spacial score (nSPS) is 3.75. The summed E-state index contributed by atoms with van der Waals surface area (Å²) in [7, 11) is 4.78. The molecule has 0 atom stereocenters. The third-order valence-corrected chi connectivity index (χ3v) is 0.136. The Kier molecular flexibility index (Phi) is 2.78. The van der Waals surface area contributed by atoms with E-state index >= 15 is 0 Å². The summed E-state index contributed by atoms with van der Waals surface area (Å²) in [6.45, 7) is 4.69. The van der Waals surface area contributed by atoms with Crippen LogP contribution in [0.15, 0.2) is 12.6 Å². The van der Waals surface area contributed by atoms with Crippen LogP contribution in [0, 0.1) is 0 Å². The van der Waals surface area contributed by atoms with Gasteiger partial charge in [0.15, 0.2) is 0 Å². The molecule has 0 aromatic rings. The van der Waals surface area contributed by atoms with Crippen LogP contribution >= 0.6 is 0 Å². The topological polar surface area (TPSA) is 0 Å². The summed E-state index contributed by atoms with van der Waals surface area (Å²) >= 11 is 0. The van der Waals surface area contributed by atoms with Crippen molar-refractivity contribution in [2.45, 2.75) is 0 Å². The first-order valence-electron chi connectivity index (χ1n) is 1.07. The second-order valence-electron chi connectivity index (χ2n) is 0.428. The molecule has 0 saturated carbocycles. The average Bonchev–Trinajstić information content (AvgIpc) is 1.37. The summed E-state index contributed by atoms with van der Waals surface area (Å²) in [5, 5.41) is 0. The van der Waals surface area contributed by atoms with Crippen molar-refractivity contribution in [3.8, 4) is 0 Å². The molecule has 0 aliphatic heterocycles. The molecule has 0 fully saturated rings. The molecule has 0 aliphatic carbocycles. The van der Waals surface area contributed by atoms with Crippen molar-refractivity contribution in [3.05, 3.63) is 12.6 Å². The van der Waals surface area contributed by atoms with Crippen LogP contribution in [0.5, 0.6) is 0 Å². The standard InChI is InChI=1S/C2H3B2/c1-2-4-3/h2H,1H2. The molecule has 0 heterocycles. The van der Waals surface area contributed by atoms with Gasteiger partial charge in [0.05, 0.1) is 0 Å². The second-order valence-corrected chi connectivity index (χ2v) is 0.428. The summed E-state index contributed by atoms with van der Waals surface area (Å²) in [5.74, 6) is 1.53. The zero-order valence-corrected chi connectivity index (χ0v) is 2.44. The molecule has 0 saturated heterocycles. The van der Waals surface area contributed by atoms with Crippen molar-refractivity contribution in [3.63, 3.8) is 0 Å². The minimum atomic E-state index is 1.39. The monoisotopic (exact) mass is 49.0 g/mol. The van der Waals surface area contributed by atoms with E-state index in [1.165, 1.54) is 12.8 Å². The molecule has 0 unspecified atom stereocenters. The van der Waals surface area contributed by atoms with E-state index in [1.54, 1.807) is 0 Å². The zero-order chi connectivity index (χ0) is 3.41. The maximum absolute atomic E-state index is 4.78. The van der Waals surface area contributed by atoms with E-state index in [1.807, 2.05) is 0 Å². The molecule has 17 valence electrons. The van der Waals surface area contributed by atoms with E-state index < -0.39 is 0 Å². The van der Waals surface area contributed by atoms with E-state index in [9.17, 15) is 0 Å². The maximum atomic E-state index is 4.78. The van der Waals surface area contributed by atoms with Gasteiger partial charge in [0, 0.05) is 0 Å². The molecule has 2 heteroatoms. The summed E-state index contributed by atoms with van der Waals surface area (Å²) < 4.78 is 0. The zero-order valence-electron chi connectivity index (χ0n) is 2.44. The fraction of sp³-hybridized carbons (Fsp3) is 0. The van der Waals surface area contributed by atoms with Gasteiger partial charge < -0.3 is 0 Å². The van der Waals surface area contributed by atoms with Gasteiger partial charge in [-0.25, -0.2) is 0 Å². The first kappa shape index (κ1) is 3.87. The van der Waals surface area contributed by atoms with E-state index in [-0.39, 0.29) is 0 Å². The van der Waals surface area contributed by atoms with E-state index in [4.69, 9.17) is 7.37 Å². The third kappa shape index (κ3) is 1.87. The van der Waals surface area contributed by atoms with Crippen molar-refractivity contribution in [1.82, 2.24) is 0 Å². The van der Waals surface area contributed by atoms with Gasteiger partial charge in [-0.3, -0.25) is 0 Å². The number of hydrogen-bond donors (Lipinski definition) is 0. The van der Waals surface area contributed by atoms with Gasteiger partial charge in [-0.15, -0.1) is 0 Å². The molecule has 0 rings (SSSR count). The van der Waals surface area contributed by atoms with Gasteiger partial charge in [0.2, 0.25) is 0 Å². The van der Waals surface area contributed by atoms with Crippen LogP contribution in [-0.2, 0) is 0 Å². The Morgan fingerprint density at radius 1 is 2.00 bits per heavy atom. The Labute approximate surface area is 27.8 Å². The van der Waals surface area contributed by atoms with Gasteiger partial charge >= 0.3 is 26.7 Å². The molecule has 4 heavy (non-hydrogen) atoms. The molecular formula is C2H3B2. The summed E-state index contributed by atoms with van der Waals surface area (Å²) in [6.07, 6.45) is 0. The minimum absolute atomic E-state index is 1.39. The molecule has 0 aliphatic rings. The van der Waals surface area contributed by atoms with E-state index in [2.05, 4.69) is 6.58 Å². The van der Waals surface area contributed by atoms with Crippen LogP contribution < -0.4 is 0 Å². The van der Waals surface area contributed by atoms with Crippen molar-refractivity contribution in [2.24, 2.45) is 0 Å². The molecule has 0 N–H and O–H groups in total. The number of hydrogen-bond acceptors (Lipinski definition) is 0. The molecular weight excluding hydrogens is 45.6 g/mol. The predicted octanol–water partition coefficient (Wildman–Crippen LogP) is -0.0824. The fourth-order valence-corrected chi connectivity index (χ4v) is 0. The molecule has 0 bridgehead atoms. The fourth-order valence-electron chi connectivity index (χ4n) is 0. The molecule has 0 aromatic heterocycles. The number of rotatable bonds is 1. The van der Waals surface area contributed by atoms with Crippen LogP contribution in [0.1, 0.15) is 0 Å².